The van der Waals surface area contributed by atoms with Crippen molar-refractivity contribution in [3.63, 3.8) is 0 Å². The van der Waals surface area contributed by atoms with E-state index < -0.39 is 0 Å². The molecule has 0 bridgehead atoms. The predicted molar refractivity (Wildman–Crippen MR) is 79.6 cm³/mol. The first-order chi connectivity index (χ1) is 8.41. The van der Waals surface area contributed by atoms with E-state index in [0.29, 0.717) is 0 Å². The van der Waals surface area contributed by atoms with Crippen molar-refractivity contribution in [3.8, 4) is 0 Å². The summed E-state index contributed by atoms with van der Waals surface area (Å²) in [5, 5.41) is 0. The summed E-state index contributed by atoms with van der Waals surface area (Å²) >= 11 is 0. The molecule has 96 valence electrons. The van der Waals surface area contributed by atoms with Crippen molar-refractivity contribution in [1.29, 1.82) is 0 Å². The highest BCUT2D eigenvalue weighted by Gasteiger charge is 1.77. The van der Waals surface area contributed by atoms with Gasteiger partial charge in [-0.2, -0.15) is 0 Å². The summed E-state index contributed by atoms with van der Waals surface area (Å²) in [4.78, 5) is 4.20. The van der Waals surface area contributed by atoms with Gasteiger partial charge >= 0.3 is 0 Å². The highest BCUT2D eigenvalue weighted by Crippen LogP contribution is 1.96. The molecule has 0 spiro atoms. The zero-order chi connectivity index (χ0) is 12.6. The minimum absolute atomic E-state index is 0.938. The van der Waals surface area contributed by atoms with Crippen LogP contribution in [0.2, 0.25) is 0 Å². The lowest BCUT2D eigenvalue weighted by Crippen LogP contribution is -1.70. The largest absolute Gasteiger partial charge is 0.269 e. The van der Waals surface area contributed by atoms with Crippen molar-refractivity contribution in [2.24, 2.45) is 4.99 Å². The first-order valence-electron chi connectivity index (χ1n) is 6.90. The number of allylic oxidation sites excluding steroid dienone is 5. The fourth-order valence-electron chi connectivity index (χ4n) is 1.31. The lowest BCUT2D eigenvalue weighted by atomic mass is 10.2. The van der Waals surface area contributed by atoms with E-state index in [1.54, 1.807) is 0 Å². The van der Waals surface area contributed by atoms with Crippen molar-refractivity contribution in [3.05, 3.63) is 36.6 Å². The van der Waals surface area contributed by atoms with E-state index in [2.05, 4.69) is 43.1 Å². The topological polar surface area (TPSA) is 12.4 Å². The molecule has 0 aliphatic rings. The number of hydrogen-bond acceptors (Lipinski definition) is 1. The second-order valence-electron chi connectivity index (χ2n) is 4.09. The summed E-state index contributed by atoms with van der Waals surface area (Å²) in [6, 6.07) is 0. The molecule has 0 amide bonds. The van der Waals surface area contributed by atoms with Crippen molar-refractivity contribution < 1.29 is 0 Å². The summed E-state index contributed by atoms with van der Waals surface area (Å²) in [5.41, 5.74) is 0. The number of rotatable bonds is 10. The molecule has 0 aliphatic heterocycles. The second-order valence-corrected chi connectivity index (χ2v) is 4.09. The van der Waals surface area contributed by atoms with Crippen LogP contribution in [-0.4, -0.2) is 6.21 Å². The third-order valence-electron chi connectivity index (χ3n) is 2.38. The van der Waals surface area contributed by atoms with Crippen molar-refractivity contribution in [1.82, 2.24) is 0 Å². The summed E-state index contributed by atoms with van der Waals surface area (Å²) in [7, 11) is 0. The molecule has 0 aromatic rings. The van der Waals surface area contributed by atoms with Crippen LogP contribution in [0.15, 0.2) is 41.6 Å². The van der Waals surface area contributed by atoms with Crippen molar-refractivity contribution >= 4 is 6.21 Å². The van der Waals surface area contributed by atoms with Gasteiger partial charge in [0.25, 0.3) is 0 Å². The van der Waals surface area contributed by atoms with E-state index in [1.165, 1.54) is 38.5 Å². The van der Waals surface area contributed by atoms with Gasteiger partial charge in [0.05, 0.1) is 0 Å². The van der Waals surface area contributed by atoms with E-state index in [1.807, 2.05) is 18.5 Å². The molecule has 0 heterocycles. The maximum absolute atomic E-state index is 4.20. The molecular formula is C16H27N. The van der Waals surface area contributed by atoms with Crippen LogP contribution in [0.5, 0.6) is 0 Å². The molecule has 0 saturated heterocycles. The lowest BCUT2D eigenvalue weighted by Gasteiger charge is -1.86. The first kappa shape index (κ1) is 15.9. The third-order valence-corrected chi connectivity index (χ3v) is 2.38. The van der Waals surface area contributed by atoms with Gasteiger partial charge in [0.1, 0.15) is 0 Å². The Kier molecular flexibility index (Phi) is 13.9. The Morgan fingerprint density at radius 1 is 0.824 bits per heavy atom. The van der Waals surface area contributed by atoms with Gasteiger partial charge in [-0.25, -0.2) is 0 Å². The van der Waals surface area contributed by atoms with Crippen LogP contribution in [0, 0.1) is 0 Å². The molecule has 0 rings (SSSR count). The van der Waals surface area contributed by atoms with Crippen LogP contribution in [-0.2, 0) is 0 Å². The molecule has 0 aromatic heterocycles. The van der Waals surface area contributed by atoms with E-state index in [4.69, 9.17) is 0 Å². The normalized spacial score (nSPS) is 12.8. The van der Waals surface area contributed by atoms with Gasteiger partial charge in [-0.15, -0.1) is 0 Å². The zero-order valence-electron chi connectivity index (χ0n) is 11.4. The lowest BCUT2D eigenvalue weighted by molar-refractivity contribution is 0.814. The molecule has 17 heavy (non-hydrogen) atoms. The molecule has 0 radical (unpaired) electrons. The Morgan fingerprint density at radius 3 is 2.24 bits per heavy atom. The Morgan fingerprint density at radius 2 is 1.53 bits per heavy atom. The SMILES string of the molecule is CCCCC=CC=CN=CCC=CCCCC. The minimum atomic E-state index is 0.938. The Labute approximate surface area is 107 Å². The molecule has 0 saturated carbocycles. The Balaban J connectivity index is 3.43. The van der Waals surface area contributed by atoms with E-state index in [-0.39, 0.29) is 0 Å². The average molecular weight is 233 g/mol. The molecule has 0 aromatic carbocycles. The van der Waals surface area contributed by atoms with Crippen LogP contribution >= 0.6 is 0 Å². The highest BCUT2D eigenvalue weighted by molar-refractivity contribution is 5.60. The van der Waals surface area contributed by atoms with Gasteiger partial charge in [0.15, 0.2) is 0 Å². The summed E-state index contributed by atoms with van der Waals surface area (Å²) < 4.78 is 0. The molecule has 1 nitrogen and oxygen atoms in total. The predicted octanol–water partition coefficient (Wildman–Crippen LogP) is 5.45. The Bertz CT molecular complexity index is 246. The second kappa shape index (κ2) is 14.9. The quantitative estimate of drug-likeness (QED) is 0.206. The van der Waals surface area contributed by atoms with Crippen molar-refractivity contribution in [2.45, 2.75) is 58.8 Å². The number of hydrogen-bond donors (Lipinski definition) is 0. The van der Waals surface area contributed by atoms with Gasteiger partial charge in [-0.1, -0.05) is 63.8 Å². The van der Waals surface area contributed by atoms with Crippen LogP contribution < -0.4 is 0 Å². The smallest absolute Gasteiger partial charge is 0.0263 e. The van der Waals surface area contributed by atoms with Crippen LogP contribution in [0.25, 0.3) is 0 Å². The van der Waals surface area contributed by atoms with E-state index in [9.17, 15) is 0 Å². The van der Waals surface area contributed by atoms with Crippen molar-refractivity contribution in [2.75, 3.05) is 0 Å². The van der Waals surface area contributed by atoms with Crippen LogP contribution in [0.4, 0.5) is 0 Å². The van der Waals surface area contributed by atoms with Crippen LogP contribution in [0.1, 0.15) is 58.8 Å². The third kappa shape index (κ3) is 14.9. The molecule has 0 unspecified atom stereocenters. The summed E-state index contributed by atoms with van der Waals surface area (Å²) in [6.07, 6.45) is 22.9. The highest BCUT2D eigenvalue weighted by atomic mass is 14.7. The average Bonchev–Trinajstić information content (AvgIpc) is 2.35. The standard InChI is InChI=1S/C16H27N/c1-3-5-7-9-11-13-15-17-16-14-12-10-8-6-4-2/h9-13,15-16H,3-8,14H2,1-2H3. The first-order valence-corrected chi connectivity index (χ1v) is 6.90. The maximum atomic E-state index is 4.20. The van der Waals surface area contributed by atoms with Gasteiger partial charge in [0, 0.05) is 18.8 Å². The van der Waals surface area contributed by atoms with Crippen LogP contribution in [0.3, 0.4) is 0 Å². The van der Waals surface area contributed by atoms with Gasteiger partial charge in [0.2, 0.25) is 0 Å². The molecule has 1 heteroatoms. The Hall–Kier alpha value is -1.11. The van der Waals surface area contributed by atoms with E-state index in [0.717, 1.165) is 6.42 Å². The van der Waals surface area contributed by atoms with Gasteiger partial charge < -0.3 is 0 Å². The number of unbranched alkanes of at least 4 members (excludes halogenated alkanes) is 4. The van der Waals surface area contributed by atoms with Gasteiger partial charge in [-0.3, -0.25) is 4.99 Å². The zero-order valence-corrected chi connectivity index (χ0v) is 11.4. The number of nitrogens with zero attached hydrogens (tertiary/aromatic N) is 1. The number of aliphatic imine (C=N–C) groups is 1. The molecular weight excluding hydrogens is 206 g/mol. The maximum Gasteiger partial charge on any atom is 0.0263 e. The molecule has 0 aliphatic carbocycles. The monoisotopic (exact) mass is 233 g/mol. The van der Waals surface area contributed by atoms with Gasteiger partial charge in [-0.05, 0) is 18.9 Å². The summed E-state index contributed by atoms with van der Waals surface area (Å²) in [6.45, 7) is 4.43. The minimum Gasteiger partial charge on any atom is -0.269 e. The molecule has 0 fully saturated rings. The molecule has 0 N–H and O–H groups in total. The fourth-order valence-corrected chi connectivity index (χ4v) is 1.31. The van der Waals surface area contributed by atoms with E-state index >= 15 is 0 Å². The fraction of sp³-hybridized carbons (Fsp3) is 0.562. The molecule has 0 atom stereocenters. The summed E-state index contributed by atoms with van der Waals surface area (Å²) in [5.74, 6) is 0.